The van der Waals surface area contributed by atoms with Crippen LogP contribution in [0.3, 0.4) is 0 Å². The highest BCUT2D eigenvalue weighted by molar-refractivity contribution is 5.65. The van der Waals surface area contributed by atoms with Gasteiger partial charge < -0.3 is 5.73 Å². The van der Waals surface area contributed by atoms with Gasteiger partial charge in [0.2, 0.25) is 0 Å². The van der Waals surface area contributed by atoms with Gasteiger partial charge >= 0.3 is 0 Å². The first-order chi connectivity index (χ1) is 7.77. The number of hydrogen-bond donors (Lipinski definition) is 1. The third-order valence-corrected chi connectivity index (χ3v) is 3.28. The Morgan fingerprint density at radius 2 is 1.88 bits per heavy atom. The molecule has 0 aliphatic heterocycles. The molecule has 0 saturated carbocycles. The predicted molar refractivity (Wildman–Crippen MR) is 73.4 cm³/mol. The fourth-order valence-corrected chi connectivity index (χ4v) is 3.14. The Labute approximate surface area is 104 Å². The SMILES string of the molecule is CC1(C)C=C(c2ccc(N)cn2)CC(C)(C)C1. The van der Waals surface area contributed by atoms with E-state index >= 15 is 0 Å². The highest BCUT2D eigenvalue weighted by Crippen LogP contribution is 2.46. The van der Waals surface area contributed by atoms with Gasteiger partial charge in [0.25, 0.3) is 0 Å². The van der Waals surface area contributed by atoms with Gasteiger partial charge in [-0.1, -0.05) is 33.8 Å². The maximum Gasteiger partial charge on any atom is 0.0660 e. The van der Waals surface area contributed by atoms with Crippen LogP contribution in [0.5, 0.6) is 0 Å². The van der Waals surface area contributed by atoms with Crippen molar-refractivity contribution in [2.75, 3.05) is 5.73 Å². The van der Waals surface area contributed by atoms with E-state index in [1.165, 1.54) is 12.0 Å². The van der Waals surface area contributed by atoms with Gasteiger partial charge in [-0.2, -0.15) is 0 Å². The molecule has 0 unspecified atom stereocenters. The van der Waals surface area contributed by atoms with E-state index in [-0.39, 0.29) is 5.41 Å². The van der Waals surface area contributed by atoms with Crippen molar-refractivity contribution in [2.45, 2.75) is 40.5 Å². The number of aromatic nitrogens is 1. The topological polar surface area (TPSA) is 38.9 Å². The van der Waals surface area contributed by atoms with Gasteiger partial charge in [-0.15, -0.1) is 0 Å². The molecule has 1 aromatic rings. The van der Waals surface area contributed by atoms with Gasteiger partial charge in [0.15, 0.2) is 0 Å². The van der Waals surface area contributed by atoms with Crippen LogP contribution in [0.2, 0.25) is 0 Å². The zero-order chi connectivity index (χ0) is 12.7. The lowest BCUT2D eigenvalue weighted by Gasteiger charge is -2.39. The van der Waals surface area contributed by atoms with Crippen LogP contribution in [0.1, 0.15) is 46.2 Å². The maximum atomic E-state index is 5.68. The molecule has 1 aliphatic rings. The lowest BCUT2D eigenvalue weighted by atomic mass is 9.66. The molecule has 0 atom stereocenters. The number of nitrogens with zero attached hydrogens (tertiary/aromatic N) is 1. The molecule has 2 heteroatoms. The van der Waals surface area contributed by atoms with Crippen LogP contribution in [0, 0.1) is 10.8 Å². The first-order valence-electron chi connectivity index (χ1n) is 6.21. The van der Waals surface area contributed by atoms with Crippen LogP contribution in [-0.4, -0.2) is 4.98 Å². The van der Waals surface area contributed by atoms with Crippen molar-refractivity contribution in [3.05, 3.63) is 30.1 Å². The largest absolute Gasteiger partial charge is 0.397 e. The van der Waals surface area contributed by atoms with Crippen LogP contribution in [-0.2, 0) is 0 Å². The average Bonchev–Trinajstić information content (AvgIpc) is 2.13. The maximum absolute atomic E-state index is 5.68. The monoisotopic (exact) mass is 230 g/mol. The van der Waals surface area contributed by atoms with Crippen LogP contribution in [0.25, 0.3) is 5.57 Å². The first-order valence-corrected chi connectivity index (χ1v) is 6.21. The fraction of sp³-hybridized carbons (Fsp3) is 0.533. The Morgan fingerprint density at radius 3 is 2.41 bits per heavy atom. The third kappa shape index (κ3) is 2.87. The third-order valence-electron chi connectivity index (χ3n) is 3.28. The van der Waals surface area contributed by atoms with Crippen molar-refractivity contribution in [3.8, 4) is 0 Å². The summed E-state index contributed by atoms with van der Waals surface area (Å²) >= 11 is 0. The smallest absolute Gasteiger partial charge is 0.0660 e. The molecule has 0 amide bonds. The highest BCUT2D eigenvalue weighted by Gasteiger charge is 2.33. The summed E-state index contributed by atoms with van der Waals surface area (Å²) in [6.45, 7) is 9.26. The van der Waals surface area contributed by atoms with E-state index in [1.54, 1.807) is 6.20 Å². The Hall–Kier alpha value is -1.31. The van der Waals surface area contributed by atoms with E-state index in [1.807, 2.05) is 12.1 Å². The molecule has 0 bridgehead atoms. The van der Waals surface area contributed by atoms with Crippen LogP contribution < -0.4 is 5.73 Å². The molecule has 0 spiro atoms. The molecule has 0 aromatic carbocycles. The van der Waals surface area contributed by atoms with Crippen molar-refractivity contribution in [1.82, 2.24) is 4.98 Å². The van der Waals surface area contributed by atoms with Crippen molar-refractivity contribution >= 4 is 11.3 Å². The van der Waals surface area contributed by atoms with E-state index < -0.39 is 0 Å². The van der Waals surface area contributed by atoms with Crippen molar-refractivity contribution in [3.63, 3.8) is 0 Å². The number of pyridine rings is 1. The standard InChI is InChI=1S/C15H22N2/c1-14(2)7-11(8-15(3,4)10-14)13-6-5-12(16)9-17-13/h5-7,9H,8,10,16H2,1-4H3. The Morgan fingerprint density at radius 1 is 1.18 bits per heavy atom. The zero-order valence-corrected chi connectivity index (χ0v) is 11.2. The number of nitrogen functional groups attached to an aromatic ring is 1. The summed E-state index contributed by atoms with van der Waals surface area (Å²) < 4.78 is 0. The van der Waals surface area contributed by atoms with Gasteiger partial charge in [0.1, 0.15) is 0 Å². The number of anilines is 1. The summed E-state index contributed by atoms with van der Waals surface area (Å²) in [5.41, 5.74) is 9.42. The molecule has 92 valence electrons. The lowest BCUT2D eigenvalue weighted by Crippen LogP contribution is -2.26. The molecule has 1 heterocycles. The van der Waals surface area contributed by atoms with Crippen LogP contribution in [0.15, 0.2) is 24.4 Å². The number of nitrogens with two attached hydrogens (primary N) is 1. The summed E-state index contributed by atoms with van der Waals surface area (Å²) in [4.78, 5) is 4.44. The normalized spacial score (nSPS) is 22.0. The molecule has 2 rings (SSSR count). The van der Waals surface area contributed by atoms with Gasteiger partial charge in [-0.05, 0) is 41.4 Å². The molecule has 1 aromatic heterocycles. The number of allylic oxidation sites excluding steroid dienone is 2. The van der Waals surface area contributed by atoms with Gasteiger partial charge in [-0.3, -0.25) is 4.98 Å². The Balaban J connectivity index is 2.38. The second-order valence-corrected chi connectivity index (χ2v) is 6.65. The summed E-state index contributed by atoms with van der Waals surface area (Å²) in [6.07, 6.45) is 6.42. The molecular weight excluding hydrogens is 208 g/mol. The first kappa shape index (κ1) is 12.2. The summed E-state index contributed by atoms with van der Waals surface area (Å²) in [5, 5.41) is 0. The second-order valence-electron chi connectivity index (χ2n) is 6.65. The molecule has 0 saturated heterocycles. The predicted octanol–water partition coefficient (Wildman–Crippen LogP) is 3.89. The zero-order valence-electron chi connectivity index (χ0n) is 11.2. The molecule has 2 N–H and O–H groups in total. The fourth-order valence-electron chi connectivity index (χ4n) is 3.14. The van der Waals surface area contributed by atoms with Crippen LogP contribution >= 0.6 is 0 Å². The van der Waals surface area contributed by atoms with E-state index in [4.69, 9.17) is 5.73 Å². The van der Waals surface area contributed by atoms with Crippen molar-refractivity contribution in [1.29, 1.82) is 0 Å². The summed E-state index contributed by atoms with van der Waals surface area (Å²) in [6, 6.07) is 3.95. The van der Waals surface area contributed by atoms with Crippen molar-refractivity contribution in [2.24, 2.45) is 10.8 Å². The van der Waals surface area contributed by atoms with Gasteiger partial charge in [-0.25, -0.2) is 0 Å². The van der Waals surface area contributed by atoms with E-state index in [2.05, 4.69) is 38.8 Å². The minimum absolute atomic E-state index is 0.250. The molecule has 0 fully saturated rings. The van der Waals surface area contributed by atoms with Crippen molar-refractivity contribution < 1.29 is 0 Å². The highest BCUT2D eigenvalue weighted by atomic mass is 14.7. The molecule has 1 aliphatic carbocycles. The van der Waals surface area contributed by atoms with E-state index in [9.17, 15) is 0 Å². The van der Waals surface area contributed by atoms with E-state index in [0.29, 0.717) is 5.41 Å². The number of hydrogen-bond acceptors (Lipinski definition) is 2. The Bertz CT molecular complexity index is 438. The molecule has 2 nitrogen and oxygen atoms in total. The van der Waals surface area contributed by atoms with E-state index in [0.717, 1.165) is 17.8 Å². The molecule has 0 radical (unpaired) electrons. The minimum atomic E-state index is 0.250. The van der Waals surface area contributed by atoms with Gasteiger partial charge in [0.05, 0.1) is 17.6 Å². The van der Waals surface area contributed by atoms with Crippen LogP contribution in [0.4, 0.5) is 5.69 Å². The minimum Gasteiger partial charge on any atom is -0.397 e. The quantitative estimate of drug-likeness (QED) is 0.794. The average molecular weight is 230 g/mol. The van der Waals surface area contributed by atoms with Gasteiger partial charge in [0, 0.05) is 0 Å². The summed E-state index contributed by atoms with van der Waals surface area (Å²) in [7, 11) is 0. The second kappa shape index (κ2) is 3.86. The Kier molecular flexibility index (Phi) is 2.76. The number of rotatable bonds is 1. The summed E-state index contributed by atoms with van der Waals surface area (Å²) in [5.74, 6) is 0. The molecule has 17 heavy (non-hydrogen) atoms. The molecular formula is C15H22N2. The lowest BCUT2D eigenvalue weighted by molar-refractivity contribution is 0.228.